The fourth-order valence-electron chi connectivity index (χ4n) is 5.77. The third-order valence-corrected chi connectivity index (χ3v) is 8.78. The van der Waals surface area contributed by atoms with Gasteiger partial charge in [0, 0.05) is 69.2 Å². The maximum Gasteiger partial charge on any atom is 0.254 e. The maximum atomic E-state index is 14.1. The summed E-state index contributed by atoms with van der Waals surface area (Å²) >= 11 is 6.62. The second-order valence-electron chi connectivity index (χ2n) is 10.9. The van der Waals surface area contributed by atoms with Gasteiger partial charge >= 0.3 is 0 Å². The fraction of sp³-hybridized carbons (Fsp3) is 0.452. The van der Waals surface area contributed by atoms with Crippen LogP contribution in [0, 0.1) is 0 Å². The number of hydrogen-bond donors (Lipinski definition) is 2. The number of fused-ring (bicyclic) bond motifs is 1. The van der Waals surface area contributed by atoms with Crippen LogP contribution in [0.1, 0.15) is 54.0 Å². The number of rotatable bonds is 9. The Morgan fingerprint density at radius 2 is 1.95 bits per heavy atom. The van der Waals surface area contributed by atoms with Gasteiger partial charge in [-0.25, -0.2) is 0 Å². The van der Waals surface area contributed by atoms with Crippen molar-refractivity contribution in [2.45, 2.75) is 51.8 Å². The number of aliphatic hydroxyl groups is 1. The van der Waals surface area contributed by atoms with E-state index in [2.05, 4.69) is 21.3 Å². The minimum atomic E-state index is -0.297. The number of nitrogens with zero attached hydrogens (tertiary/aromatic N) is 4. The second kappa shape index (κ2) is 11.8. The number of hydrogen-bond acceptors (Lipinski definition) is 7. The SMILES string of the molecule is CCOc1cc([C@H](C)N2CCc3c(cc(CCN4C[C@@H](O)[C@H]4C)cc3-c3cn(C)c(=O)cc3Cl)C2=O)ncc1NC. The van der Waals surface area contributed by atoms with Crippen molar-refractivity contribution in [3.8, 4) is 16.9 Å². The zero-order valence-corrected chi connectivity index (χ0v) is 25.0. The smallest absolute Gasteiger partial charge is 0.254 e. The van der Waals surface area contributed by atoms with Gasteiger partial charge < -0.3 is 24.6 Å². The molecule has 0 spiro atoms. The largest absolute Gasteiger partial charge is 0.492 e. The van der Waals surface area contributed by atoms with Crippen molar-refractivity contribution >= 4 is 23.2 Å². The number of β-amino-alcohol motifs (C(OH)–C–C–N with tert-alkyl or cyclic N) is 1. The quantitative estimate of drug-likeness (QED) is 0.396. The Kier molecular flexibility index (Phi) is 8.40. The summed E-state index contributed by atoms with van der Waals surface area (Å²) in [4.78, 5) is 35.1. The molecule has 2 aliphatic rings. The molecule has 0 saturated carbocycles. The van der Waals surface area contributed by atoms with Crippen molar-refractivity contribution in [1.82, 2.24) is 19.4 Å². The van der Waals surface area contributed by atoms with Gasteiger partial charge in [0.15, 0.2) is 0 Å². The Morgan fingerprint density at radius 1 is 1.20 bits per heavy atom. The molecule has 5 rings (SSSR count). The Labute approximate surface area is 245 Å². The molecule has 0 aliphatic carbocycles. The molecule has 0 radical (unpaired) electrons. The van der Waals surface area contributed by atoms with E-state index in [9.17, 15) is 14.7 Å². The van der Waals surface area contributed by atoms with E-state index in [1.54, 1.807) is 19.4 Å². The van der Waals surface area contributed by atoms with E-state index in [1.165, 1.54) is 10.6 Å². The van der Waals surface area contributed by atoms with Crippen molar-refractivity contribution in [3.63, 3.8) is 0 Å². The monoisotopic (exact) mass is 579 g/mol. The summed E-state index contributed by atoms with van der Waals surface area (Å²) < 4.78 is 7.32. The molecule has 1 aromatic carbocycles. The number of carbonyl (C=O) groups is 1. The highest BCUT2D eigenvalue weighted by molar-refractivity contribution is 6.33. The van der Waals surface area contributed by atoms with E-state index in [1.807, 2.05) is 44.9 Å². The van der Waals surface area contributed by atoms with Crippen LogP contribution in [-0.4, -0.2) is 75.8 Å². The fourth-order valence-corrected chi connectivity index (χ4v) is 6.02. The summed E-state index contributed by atoms with van der Waals surface area (Å²) in [5.41, 5.74) is 5.57. The normalized spacial score (nSPS) is 19.5. The highest BCUT2D eigenvalue weighted by atomic mass is 35.5. The molecule has 218 valence electrons. The molecule has 3 atom stereocenters. The molecule has 2 aliphatic heterocycles. The van der Waals surface area contributed by atoms with E-state index in [4.69, 9.17) is 16.3 Å². The Bertz CT molecular complexity index is 1520. The average molecular weight is 580 g/mol. The van der Waals surface area contributed by atoms with Crippen LogP contribution in [0.2, 0.25) is 5.02 Å². The number of pyridine rings is 2. The van der Waals surface area contributed by atoms with Crippen molar-refractivity contribution < 1.29 is 14.6 Å². The molecule has 2 N–H and O–H groups in total. The highest BCUT2D eigenvalue weighted by Gasteiger charge is 2.34. The first-order chi connectivity index (χ1) is 19.6. The first-order valence-electron chi connectivity index (χ1n) is 14.2. The summed E-state index contributed by atoms with van der Waals surface area (Å²) in [7, 11) is 3.52. The van der Waals surface area contributed by atoms with E-state index in [0.29, 0.717) is 48.9 Å². The van der Waals surface area contributed by atoms with Crippen LogP contribution in [0.5, 0.6) is 5.75 Å². The Balaban J connectivity index is 1.52. The number of ether oxygens (including phenoxy) is 1. The summed E-state index contributed by atoms with van der Waals surface area (Å²) in [5, 5.41) is 13.4. The molecule has 9 nitrogen and oxygen atoms in total. The molecule has 10 heteroatoms. The predicted molar refractivity (Wildman–Crippen MR) is 161 cm³/mol. The zero-order valence-electron chi connectivity index (χ0n) is 24.3. The molecular weight excluding hydrogens is 542 g/mol. The first-order valence-corrected chi connectivity index (χ1v) is 14.6. The van der Waals surface area contributed by atoms with Crippen molar-refractivity contribution in [1.29, 1.82) is 0 Å². The summed E-state index contributed by atoms with van der Waals surface area (Å²) in [6, 6.07) is 7.28. The molecular formula is C31H38ClN5O4. The molecule has 1 fully saturated rings. The van der Waals surface area contributed by atoms with Crippen molar-refractivity contribution in [2.75, 3.05) is 38.6 Å². The van der Waals surface area contributed by atoms with Gasteiger partial charge in [-0.15, -0.1) is 0 Å². The Hall–Kier alpha value is -3.40. The number of halogens is 1. The molecule has 4 heterocycles. The van der Waals surface area contributed by atoms with Gasteiger partial charge in [0.2, 0.25) is 0 Å². The lowest BCUT2D eigenvalue weighted by atomic mass is 9.87. The number of likely N-dealkylation sites (tertiary alicyclic amines) is 1. The van der Waals surface area contributed by atoms with E-state index < -0.39 is 0 Å². The molecule has 0 unspecified atom stereocenters. The lowest BCUT2D eigenvalue weighted by Gasteiger charge is -2.43. The molecule has 2 aromatic heterocycles. The van der Waals surface area contributed by atoms with Gasteiger partial charge in [-0.2, -0.15) is 0 Å². The third-order valence-electron chi connectivity index (χ3n) is 8.47. The lowest BCUT2D eigenvalue weighted by molar-refractivity contribution is -0.0510. The highest BCUT2D eigenvalue weighted by Crippen LogP contribution is 2.38. The number of aromatic nitrogens is 2. The number of benzene rings is 1. The van der Waals surface area contributed by atoms with Crippen LogP contribution in [0.15, 0.2) is 41.5 Å². The van der Waals surface area contributed by atoms with Gasteiger partial charge in [0.25, 0.3) is 11.5 Å². The van der Waals surface area contributed by atoms with Gasteiger partial charge in [-0.3, -0.25) is 19.5 Å². The number of anilines is 1. The van der Waals surface area contributed by atoms with Crippen LogP contribution in [0.4, 0.5) is 5.69 Å². The van der Waals surface area contributed by atoms with Crippen molar-refractivity contribution in [3.05, 3.63) is 74.4 Å². The Morgan fingerprint density at radius 3 is 2.63 bits per heavy atom. The van der Waals surface area contributed by atoms with Gasteiger partial charge in [-0.1, -0.05) is 17.7 Å². The van der Waals surface area contributed by atoms with Crippen molar-refractivity contribution in [2.24, 2.45) is 7.05 Å². The van der Waals surface area contributed by atoms with Crippen LogP contribution < -0.4 is 15.6 Å². The molecule has 41 heavy (non-hydrogen) atoms. The molecule has 1 saturated heterocycles. The standard InChI is InChI=1S/C31H38ClN5O4/c1-6-41-29-14-26(34-15-27(29)33-4)18(2)37-10-8-21-22(24-16-35(5)30(39)13-25(24)32)11-20(12-23(21)31(37)40)7-9-36-17-28(38)19(36)3/h11-16,18-19,28,33,38H,6-10,17H2,1-5H3/t18-,19+,28+/m0/s1. The summed E-state index contributed by atoms with van der Waals surface area (Å²) in [6.07, 6.45) is 4.55. The number of carbonyl (C=O) groups excluding carboxylic acids is 1. The number of aliphatic hydroxyl groups excluding tert-OH is 1. The first kappa shape index (κ1) is 29.1. The van der Waals surface area contributed by atoms with Gasteiger partial charge in [-0.05, 0) is 56.4 Å². The van der Waals surface area contributed by atoms with Gasteiger partial charge in [0.1, 0.15) is 5.75 Å². The molecule has 0 bridgehead atoms. The number of aryl methyl sites for hydroxylation is 1. The van der Waals surface area contributed by atoms with E-state index in [-0.39, 0.29) is 29.7 Å². The summed E-state index contributed by atoms with van der Waals surface area (Å²) in [5.74, 6) is 0.643. The topological polar surface area (TPSA) is 99.9 Å². The number of nitrogens with one attached hydrogen (secondary N) is 1. The number of amides is 1. The molecule has 1 amide bonds. The van der Waals surface area contributed by atoms with E-state index in [0.717, 1.165) is 40.2 Å². The predicted octanol–water partition coefficient (Wildman–Crippen LogP) is 3.91. The zero-order chi connectivity index (χ0) is 29.4. The minimum Gasteiger partial charge on any atom is -0.492 e. The average Bonchev–Trinajstić information content (AvgIpc) is 2.96. The van der Waals surface area contributed by atoms with Gasteiger partial charge in [0.05, 0.1) is 41.4 Å². The lowest BCUT2D eigenvalue weighted by Crippen LogP contribution is -2.58. The van der Waals surface area contributed by atoms with Crippen LogP contribution in [0.3, 0.4) is 0 Å². The van der Waals surface area contributed by atoms with Crippen LogP contribution >= 0.6 is 11.6 Å². The van der Waals surface area contributed by atoms with Crippen LogP contribution in [-0.2, 0) is 19.9 Å². The second-order valence-corrected chi connectivity index (χ2v) is 11.3. The summed E-state index contributed by atoms with van der Waals surface area (Å²) in [6.45, 7) is 8.42. The minimum absolute atomic E-state index is 0.0621. The third kappa shape index (κ3) is 5.58. The maximum absolute atomic E-state index is 14.1. The molecule has 3 aromatic rings. The van der Waals surface area contributed by atoms with Crippen LogP contribution in [0.25, 0.3) is 11.1 Å². The van der Waals surface area contributed by atoms with E-state index >= 15 is 0 Å².